The Morgan fingerprint density at radius 2 is 1.84 bits per heavy atom. The van der Waals surface area contributed by atoms with Crippen LogP contribution in [-0.4, -0.2) is 39.1 Å². The average Bonchev–Trinajstić information content (AvgIpc) is 3.12. The number of fused-ring (bicyclic) bond motifs is 1. The van der Waals surface area contributed by atoms with Crippen LogP contribution < -0.4 is 9.47 Å². The van der Waals surface area contributed by atoms with E-state index in [9.17, 15) is 14.7 Å². The van der Waals surface area contributed by atoms with Gasteiger partial charge in [-0.25, -0.2) is 0 Å². The molecule has 1 saturated heterocycles. The van der Waals surface area contributed by atoms with Gasteiger partial charge in [0.2, 0.25) is 5.91 Å². The molecule has 7 heteroatoms. The molecule has 2 amide bonds. The van der Waals surface area contributed by atoms with Gasteiger partial charge in [0.1, 0.15) is 29.5 Å². The van der Waals surface area contributed by atoms with Crippen molar-refractivity contribution < 1.29 is 24.2 Å². The Kier molecular flexibility index (Phi) is 6.12. The Hall–Kier alpha value is -2.67. The second kappa shape index (κ2) is 8.70. The molecule has 0 radical (unpaired) electrons. The van der Waals surface area contributed by atoms with E-state index >= 15 is 0 Å². The number of amides is 2. The molecule has 0 bridgehead atoms. The fraction of sp³-hybridized carbons (Fsp3) is 0.440. The van der Waals surface area contributed by atoms with Crippen LogP contribution >= 0.6 is 11.8 Å². The largest absolute Gasteiger partial charge is 0.507 e. The predicted molar refractivity (Wildman–Crippen MR) is 125 cm³/mol. The number of aromatic hydroxyl groups is 1. The quantitative estimate of drug-likeness (QED) is 0.656. The van der Waals surface area contributed by atoms with Crippen LogP contribution in [0.5, 0.6) is 17.2 Å². The first-order valence-corrected chi connectivity index (χ1v) is 11.9. The topological polar surface area (TPSA) is 76.1 Å². The lowest BCUT2D eigenvalue weighted by molar-refractivity contribution is -0.125. The van der Waals surface area contributed by atoms with E-state index in [0.717, 1.165) is 70.3 Å². The molecule has 6 nitrogen and oxygen atoms in total. The van der Waals surface area contributed by atoms with Gasteiger partial charge in [0, 0.05) is 5.56 Å². The van der Waals surface area contributed by atoms with Gasteiger partial charge in [-0.1, -0.05) is 30.8 Å². The van der Waals surface area contributed by atoms with Crippen LogP contribution in [0.15, 0.2) is 24.3 Å². The van der Waals surface area contributed by atoms with Crippen LogP contribution in [0.4, 0.5) is 4.79 Å². The van der Waals surface area contributed by atoms with Crippen LogP contribution in [0.25, 0.3) is 0 Å². The summed E-state index contributed by atoms with van der Waals surface area (Å²) in [5.41, 5.74) is 4.28. The van der Waals surface area contributed by atoms with Crippen molar-refractivity contribution in [3.63, 3.8) is 0 Å². The van der Waals surface area contributed by atoms with E-state index < -0.39 is 5.60 Å². The third-order valence-electron chi connectivity index (χ3n) is 6.74. The summed E-state index contributed by atoms with van der Waals surface area (Å²) in [5, 5.41) is 10.2. The monoisotopic (exact) mass is 455 g/mol. The van der Waals surface area contributed by atoms with Crippen molar-refractivity contribution in [2.45, 2.75) is 59.1 Å². The highest BCUT2D eigenvalue weighted by atomic mass is 32.2. The first-order chi connectivity index (χ1) is 15.2. The Balaban J connectivity index is 1.45. The Labute approximate surface area is 192 Å². The highest BCUT2D eigenvalue weighted by Crippen LogP contribution is 2.44. The summed E-state index contributed by atoms with van der Waals surface area (Å²) in [6.07, 6.45) is 2.45. The number of carbonyl (C=O) groups is 2. The van der Waals surface area contributed by atoms with Crippen molar-refractivity contribution in [2.24, 2.45) is 0 Å². The Morgan fingerprint density at radius 1 is 1.12 bits per heavy atom. The molecule has 2 heterocycles. The molecule has 170 valence electrons. The summed E-state index contributed by atoms with van der Waals surface area (Å²) < 4.78 is 12.7. The van der Waals surface area contributed by atoms with Crippen molar-refractivity contribution in [3.8, 4) is 17.2 Å². The maximum Gasteiger partial charge on any atom is 0.289 e. The highest BCUT2D eigenvalue weighted by molar-refractivity contribution is 8.14. The number of imide groups is 1. The molecular formula is C25H29NO5S. The molecule has 1 fully saturated rings. The highest BCUT2D eigenvalue weighted by Gasteiger charge is 2.38. The van der Waals surface area contributed by atoms with Crippen LogP contribution in [0.2, 0.25) is 0 Å². The van der Waals surface area contributed by atoms with Crippen LogP contribution in [0.1, 0.15) is 47.6 Å². The van der Waals surface area contributed by atoms with E-state index in [1.165, 1.54) is 4.90 Å². The van der Waals surface area contributed by atoms with Crippen LogP contribution in [0, 0.1) is 20.8 Å². The molecule has 1 atom stereocenters. The van der Waals surface area contributed by atoms with E-state index in [0.29, 0.717) is 12.4 Å². The SMILES string of the molecule is CCC1(COc2ccc(CN3C(=O)CSC3=O)cc2)CCc2c(C)c(O)c(C)c(C)c2O1. The number of hydrogen-bond donors (Lipinski definition) is 1. The number of ether oxygens (including phenoxy) is 2. The molecule has 32 heavy (non-hydrogen) atoms. The van der Waals surface area contributed by atoms with Gasteiger partial charge in [-0.15, -0.1) is 0 Å². The Morgan fingerprint density at radius 3 is 2.47 bits per heavy atom. The molecule has 1 N–H and O–H groups in total. The molecule has 0 spiro atoms. The second-order valence-electron chi connectivity index (χ2n) is 8.64. The fourth-order valence-corrected chi connectivity index (χ4v) is 5.03. The number of phenolic OH excluding ortho intramolecular Hbond substituents is 1. The van der Waals surface area contributed by atoms with Gasteiger partial charge in [-0.2, -0.15) is 0 Å². The molecule has 0 aliphatic carbocycles. The summed E-state index contributed by atoms with van der Waals surface area (Å²) in [4.78, 5) is 24.9. The number of carbonyl (C=O) groups excluding carboxylic acids is 2. The number of thioether (sulfide) groups is 1. The van der Waals surface area contributed by atoms with Gasteiger partial charge >= 0.3 is 0 Å². The van der Waals surface area contributed by atoms with Gasteiger partial charge < -0.3 is 14.6 Å². The van der Waals surface area contributed by atoms with E-state index in [2.05, 4.69) is 6.92 Å². The molecule has 2 aliphatic heterocycles. The maximum atomic E-state index is 11.8. The molecule has 1 unspecified atom stereocenters. The molecule has 4 rings (SSSR count). The molecule has 0 saturated carbocycles. The first-order valence-electron chi connectivity index (χ1n) is 10.9. The average molecular weight is 456 g/mol. The normalized spacial score (nSPS) is 20.3. The van der Waals surface area contributed by atoms with Crippen LogP contribution in [-0.2, 0) is 17.8 Å². The van der Waals surface area contributed by atoms with E-state index in [1.54, 1.807) is 0 Å². The molecule has 2 aromatic rings. The minimum Gasteiger partial charge on any atom is -0.507 e. The van der Waals surface area contributed by atoms with Crippen molar-refractivity contribution in [1.82, 2.24) is 4.90 Å². The summed E-state index contributed by atoms with van der Waals surface area (Å²) in [6, 6.07) is 7.50. The van der Waals surface area contributed by atoms with Gasteiger partial charge in [0.05, 0.1) is 12.3 Å². The van der Waals surface area contributed by atoms with Crippen molar-refractivity contribution in [3.05, 3.63) is 52.1 Å². The third-order valence-corrected chi connectivity index (χ3v) is 7.60. The van der Waals surface area contributed by atoms with Gasteiger partial charge in [-0.05, 0) is 74.4 Å². The number of rotatable bonds is 6. The number of hydrogen-bond acceptors (Lipinski definition) is 6. The minimum atomic E-state index is -0.433. The minimum absolute atomic E-state index is 0.144. The Bertz CT molecular complexity index is 1050. The van der Waals surface area contributed by atoms with Crippen molar-refractivity contribution in [1.29, 1.82) is 0 Å². The summed E-state index contributed by atoms with van der Waals surface area (Å²) >= 11 is 1.05. The van der Waals surface area contributed by atoms with Gasteiger partial charge in [-0.3, -0.25) is 14.5 Å². The second-order valence-corrected chi connectivity index (χ2v) is 9.56. The zero-order valence-electron chi connectivity index (χ0n) is 19.0. The zero-order valence-corrected chi connectivity index (χ0v) is 19.8. The van der Waals surface area contributed by atoms with Crippen molar-refractivity contribution in [2.75, 3.05) is 12.4 Å². The third kappa shape index (κ3) is 4.06. The van der Waals surface area contributed by atoms with Crippen LogP contribution in [0.3, 0.4) is 0 Å². The zero-order chi connectivity index (χ0) is 23.0. The fourth-order valence-electron chi connectivity index (χ4n) is 4.30. The first kappa shape index (κ1) is 22.5. The summed E-state index contributed by atoms with van der Waals surface area (Å²) in [5.74, 6) is 2.04. The predicted octanol–water partition coefficient (Wildman–Crippen LogP) is 5.07. The summed E-state index contributed by atoms with van der Waals surface area (Å²) in [7, 11) is 0. The smallest absolute Gasteiger partial charge is 0.289 e. The van der Waals surface area contributed by atoms with Crippen molar-refractivity contribution >= 4 is 22.9 Å². The molecule has 2 aromatic carbocycles. The van der Waals surface area contributed by atoms with E-state index in [1.807, 2.05) is 45.0 Å². The van der Waals surface area contributed by atoms with E-state index in [-0.39, 0.29) is 23.4 Å². The molecular weight excluding hydrogens is 426 g/mol. The molecule has 2 aliphatic rings. The lowest BCUT2D eigenvalue weighted by atomic mass is 9.85. The van der Waals surface area contributed by atoms with E-state index in [4.69, 9.17) is 9.47 Å². The number of benzene rings is 2. The summed E-state index contributed by atoms with van der Waals surface area (Å²) in [6.45, 7) is 8.67. The van der Waals surface area contributed by atoms with Gasteiger partial charge in [0.25, 0.3) is 5.24 Å². The standard InChI is InChI=1S/C25H29NO5S/c1-5-25(11-10-20-17(4)22(28)15(2)16(3)23(20)31-25)14-30-19-8-6-18(7-9-19)12-26-21(27)13-32-24(26)29/h6-9,28H,5,10-14H2,1-4H3. The maximum absolute atomic E-state index is 11.8. The number of nitrogens with zero attached hydrogens (tertiary/aromatic N) is 1. The lowest BCUT2D eigenvalue weighted by Crippen LogP contribution is -2.45. The number of phenols is 1. The molecule has 0 aromatic heterocycles. The lowest BCUT2D eigenvalue weighted by Gasteiger charge is -2.39. The van der Waals surface area contributed by atoms with Gasteiger partial charge in [0.15, 0.2) is 0 Å².